The molecule has 1 atom stereocenters. The zero-order valence-corrected chi connectivity index (χ0v) is 12.2. The Labute approximate surface area is 119 Å². The van der Waals surface area contributed by atoms with Gasteiger partial charge in [0.1, 0.15) is 0 Å². The molecule has 98 valence electrons. The van der Waals surface area contributed by atoms with Crippen LogP contribution in [0.3, 0.4) is 0 Å². The molecular weight excluding hydrogens is 262 g/mol. The standard InChI is InChI=1S/C15H20ClNS/c16-11-15(7-3-4-8-15)17-10-13-9-12-5-1-2-6-14(12)18-13/h1-2,5-6,13,17H,3-4,7-11H2. The highest BCUT2D eigenvalue weighted by Crippen LogP contribution is 2.37. The number of nitrogens with one attached hydrogen (secondary N) is 1. The van der Waals surface area contributed by atoms with E-state index in [4.69, 9.17) is 11.6 Å². The smallest absolute Gasteiger partial charge is 0.0406 e. The van der Waals surface area contributed by atoms with Gasteiger partial charge in [-0.05, 0) is 30.9 Å². The van der Waals surface area contributed by atoms with E-state index in [1.807, 2.05) is 11.8 Å². The molecule has 1 fully saturated rings. The summed E-state index contributed by atoms with van der Waals surface area (Å²) in [6, 6.07) is 8.79. The molecule has 1 aliphatic carbocycles. The van der Waals surface area contributed by atoms with Gasteiger partial charge in [0.15, 0.2) is 0 Å². The topological polar surface area (TPSA) is 12.0 Å². The van der Waals surface area contributed by atoms with E-state index in [-0.39, 0.29) is 5.54 Å². The lowest BCUT2D eigenvalue weighted by molar-refractivity contribution is 0.371. The molecule has 0 saturated heterocycles. The van der Waals surface area contributed by atoms with Crippen LogP contribution in [0.2, 0.25) is 0 Å². The van der Waals surface area contributed by atoms with Crippen LogP contribution < -0.4 is 5.32 Å². The maximum Gasteiger partial charge on any atom is 0.0406 e. The van der Waals surface area contributed by atoms with Crippen molar-refractivity contribution in [1.29, 1.82) is 0 Å². The van der Waals surface area contributed by atoms with Crippen LogP contribution in [0.4, 0.5) is 0 Å². The SMILES string of the molecule is ClCC1(NCC2Cc3ccccc3S2)CCCC1. The summed E-state index contributed by atoms with van der Waals surface area (Å²) in [6.07, 6.45) is 6.36. The number of halogens is 1. The van der Waals surface area contributed by atoms with E-state index in [1.54, 1.807) is 0 Å². The summed E-state index contributed by atoms with van der Waals surface area (Å²) in [5.41, 5.74) is 1.75. The third-order valence-electron chi connectivity index (χ3n) is 4.24. The molecule has 0 spiro atoms. The summed E-state index contributed by atoms with van der Waals surface area (Å²) in [4.78, 5) is 1.47. The first-order valence-electron chi connectivity index (χ1n) is 6.87. The molecule has 0 amide bonds. The van der Waals surface area contributed by atoms with Crippen LogP contribution in [0.5, 0.6) is 0 Å². The average Bonchev–Trinajstić information content (AvgIpc) is 3.03. The normalized spacial score (nSPS) is 25.3. The first-order chi connectivity index (χ1) is 8.81. The van der Waals surface area contributed by atoms with Crippen molar-refractivity contribution >= 4 is 23.4 Å². The minimum atomic E-state index is 0.233. The summed E-state index contributed by atoms with van der Waals surface area (Å²) in [7, 11) is 0. The highest BCUT2D eigenvalue weighted by atomic mass is 35.5. The number of hydrogen-bond acceptors (Lipinski definition) is 2. The van der Waals surface area contributed by atoms with Crippen molar-refractivity contribution in [3.05, 3.63) is 29.8 Å². The number of rotatable bonds is 4. The van der Waals surface area contributed by atoms with Crippen LogP contribution >= 0.6 is 23.4 Å². The van der Waals surface area contributed by atoms with E-state index in [0.717, 1.165) is 12.4 Å². The quantitative estimate of drug-likeness (QED) is 0.842. The van der Waals surface area contributed by atoms with Gasteiger partial charge in [-0.15, -0.1) is 23.4 Å². The molecule has 1 aromatic rings. The molecular formula is C15H20ClNS. The molecule has 0 radical (unpaired) electrons. The maximum absolute atomic E-state index is 6.17. The van der Waals surface area contributed by atoms with E-state index >= 15 is 0 Å². The molecule has 1 aromatic carbocycles. The predicted octanol–water partition coefficient (Wildman–Crippen LogP) is 3.84. The molecule has 3 rings (SSSR count). The van der Waals surface area contributed by atoms with Gasteiger partial charge in [0.25, 0.3) is 0 Å². The fourth-order valence-corrected chi connectivity index (χ4v) is 4.72. The average molecular weight is 282 g/mol. The number of thioether (sulfide) groups is 1. The van der Waals surface area contributed by atoms with Crippen molar-refractivity contribution in [2.24, 2.45) is 0 Å². The van der Waals surface area contributed by atoms with E-state index in [1.165, 1.54) is 42.6 Å². The van der Waals surface area contributed by atoms with E-state index < -0.39 is 0 Å². The van der Waals surface area contributed by atoms with E-state index in [9.17, 15) is 0 Å². The van der Waals surface area contributed by atoms with E-state index in [0.29, 0.717) is 5.25 Å². The summed E-state index contributed by atoms with van der Waals surface area (Å²) in [5.74, 6) is 0.761. The molecule has 18 heavy (non-hydrogen) atoms. The van der Waals surface area contributed by atoms with Gasteiger partial charge in [-0.25, -0.2) is 0 Å². The third-order valence-corrected chi connectivity index (χ3v) is 6.07. The van der Waals surface area contributed by atoms with Gasteiger partial charge < -0.3 is 5.32 Å². The van der Waals surface area contributed by atoms with Crippen LogP contribution in [0.15, 0.2) is 29.2 Å². The molecule has 0 aromatic heterocycles. The molecule has 1 unspecified atom stereocenters. The summed E-state index contributed by atoms with van der Waals surface area (Å²) in [5, 5.41) is 4.45. The van der Waals surface area contributed by atoms with Gasteiger partial charge in [-0.2, -0.15) is 0 Å². The Morgan fingerprint density at radius 1 is 1.28 bits per heavy atom. The van der Waals surface area contributed by atoms with Gasteiger partial charge >= 0.3 is 0 Å². The first-order valence-corrected chi connectivity index (χ1v) is 8.28. The molecule has 1 nitrogen and oxygen atoms in total. The zero-order chi connectivity index (χ0) is 12.4. The molecule has 1 saturated carbocycles. The Balaban J connectivity index is 1.57. The van der Waals surface area contributed by atoms with Crippen LogP contribution in [-0.2, 0) is 6.42 Å². The second kappa shape index (κ2) is 5.44. The largest absolute Gasteiger partial charge is 0.309 e. The summed E-state index contributed by atoms with van der Waals surface area (Å²) >= 11 is 8.19. The summed E-state index contributed by atoms with van der Waals surface area (Å²) < 4.78 is 0. The van der Waals surface area contributed by atoms with Crippen molar-refractivity contribution in [3.8, 4) is 0 Å². The number of benzene rings is 1. The predicted molar refractivity (Wildman–Crippen MR) is 79.7 cm³/mol. The lowest BCUT2D eigenvalue weighted by Gasteiger charge is -2.29. The molecule has 0 bridgehead atoms. The van der Waals surface area contributed by atoms with Gasteiger partial charge in [-0.1, -0.05) is 31.0 Å². The van der Waals surface area contributed by atoms with Crippen LogP contribution in [-0.4, -0.2) is 23.2 Å². The Hall–Kier alpha value is -0.180. The summed E-state index contributed by atoms with van der Waals surface area (Å²) in [6.45, 7) is 1.09. The van der Waals surface area contributed by atoms with Gasteiger partial charge in [-0.3, -0.25) is 0 Å². The fourth-order valence-electron chi connectivity index (χ4n) is 3.11. The monoisotopic (exact) mass is 281 g/mol. The maximum atomic E-state index is 6.17. The Morgan fingerprint density at radius 2 is 2.06 bits per heavy atom. The number of hydrogen-bond donors (Lipinski definition) is 1. The van der Waals surface area contributed by atoms with Crippen molar-refractivity contribution in [2.75, 3.05) is 12.4 Å². The minimum absolute atomic E-state index is 0.233. The number of alkyl halides is 1. The zero-order valence-electron chi connectivity index (χ0n) is 10.6. The van der Waals surface area contributed by atoms with Gasteiger partial charge in [0.05, 0.1) is 0 Å². The molecule has 2 aliphatic rings. The fraction of sp³-hybridized carbons (Fsp3) is 0.600. The van der Waals surface area contributed by atoms with Crippen LogP contribution in [0.25, 0.3) is 0 Å². The van der Waals surface area contributed by atoms with Crippen molar-refractivity contribution in [1.82, 2.24) is 5.32 Å². The van der Waals surface area contributed by atoms with Crippen molar-refractivity contribution < 1.29 is 0 Å². The second-order valence-electron chi connectivity index (χ2n) is 5.55. The highest BCUT2D eigenvalue weighted by Gasteiger charge is 2.33. The van der Waals surface area contributed by atoms with Gasteiger partial charge in [0, 0.05) is 28.1 Å². The highest BCUT2D eigenvalue weighted by molar-refractivity contribution is 8.00. The second-order valence-corrected chi connectivity index (χ2v) is 7.16. The van der Waals surface area contributed by atoms with Gasteiger partial charge in [0.2, 0.25) is 0 Å². The minimum Gasteiger partial charge on any atom is -0.309 e. The molecule has 1 aliphatic heterocycles. The molecule has 1 N–H and O–H groups in total. The lowest BCUT2D eigenvalue weighted by atomic mass is 10.00. The van der Waals surface area contributed by atoms with Crippen molar-refractivity contribution in [3.63, 3.8) is 0 Å². The third kappa shape index (κ3) is 2.56. The van der Waals surface area contributed by atoms with Crippen LogP contribution in [0.1, 0.15) is 31.2 Å². The van der Waals surface area contributed by atoms with Crippen LogP contribution in [0, 0.1) is 0 Å². The molecule has 3 heteroatoms. The molecule has 1 heterocycles. The first kappa shape index (κ1) is 12.8. The Kier molecular flexibility index (Phi) is 3.88. The van der Waals surface area contributed by atoms with Crippen molar-refractivity contribution in [2.45, 2.75) is 47.8 Å². The van der Waals surface area contributed by atoms with E-state index in [2.05, 4.69) is 29.6 Å². The lowest BCUT2D eigenvalue weighted by Crippen LogP contribution is -2.47. The Bertz CT molecular complexity index is 390. The Morgan fingerprint density at radius 3 is 2.78 bits per heavy atom. The number of fused-ring (bicyclic) bond motifs is 1.